The van der Waals surface area contributed by atoms with Crippen LogP contribution < -0.4 is 10.2 Å². The van der Waals surface area contributed by atoms with Gasteiger partial charge >= 0.3 is 0 Å². The van der Waals surface area contributed by atoms with Gasteiger partial charge in [0, 0.05) is 32.2 Å². The molecule has 2 aliphatic rings. The number of hydrogen-bond acceptors (Lipinski definition) is 4. The molecule has 19 heavy (non-hydrogen) atoms. The number of amides is 1. The molecule has 2 heterocycles. The van der Waals surface area contributed by atoms with Crippen molar-refractivity contribution in [1.29, 1.82) is 0 Å². The molecule has 1 saturated carbocycles. The van der Waals surface area contributed by atoms with Crippen molar-refractivity contribution >= 4 is 11.6 Å². The van der Waals surface area contributed by atoms with Crippen LogP contribution in [0.4, 0.5) is 5.69 Å². The van der Waals surface area contributed by atoms with Crippen LogP contribution in [-0.4, -0.2) is 55.1 Å². The van der Waals surface area contributed by atoms with E-state index in [0.717, 1.165) is 44.7 Å². The highest BCUT2D eigenvalue weighted by Crippen LogP contribution is 2.20. The summed E-state index contributed by atoms with van der Waals surface area (Å²) in [5.74, 6) is -0.0487. The number of carbonyl (C=O) groups is 1. The third-order valence-electron chi connectivity index (χ3n) is 3.76. The number of nitrogens with zero attached hydrogens (tertiary/aromatic N) is 3. The van der Waals surface area contributed by atoms with Crippen LogP contribution in [0.3, 0.4) is 0 Å². The van der Waals surface area contributed by atoms with E-state index in [9.17, 15) is 4.79 Å². The van der Waals surface area contributed by atoms with E-state index in [1.165, 1.54) is 0 Å². The maximum Gasteiger partial charge on any atom is 0.270 e. The minimum atomic E-state index is -0.0487. The molecule has 102 valence electrons. The van der Waals surface area contributed by atoms with Crippen LogP contribution in [0.1, 0.15) is 23.3 Å². The molecule has 1 aliphatic heterocycles. The molecule has 0 spiro atoms. The number of hydrogen-bond donors (Lipinski definition) is 1. The monoisotopic (exact) mass is 260 g/mol. The Balaban J connectivity index is 1.63. The molecule has 1 aromatic rings. The van der Waals surface area contributed by atoms with Crippen LogP contribution in [0, 0.1) is 0 Å². The third kappa shape index (κ3) is 3.04. The standard InChI is InChI=1S/C14H20N4O/c1-17-6-8-18(9-7-17)12-4-5-13(15-10-12)14(19)16-11-2-3-11/h4-5,10-11H,2-3,6-9H2,1H3,(H,16,19). The average Bonchev–Trinajstić information content (AvgIpc) is 3.24. The highest BCUT2D eigenvalue weighted by Gasteiger charge is 2.24. The van der Waals surface area contributed by atoms with E-state index in [1.807, 2.05) is 18.3 Å². The summed E-state index contributed by atoms with van der Waals surface area (Å²) in [4.78, 5) is 20.8. The molecule has 0 unspecified atom stereocenters. The highest BCUT2D eigenvalue weighted by molar-refractivity contribution is 5.92. The Labute approximate surface area is 113 Å². The second kappa shape index (κ2) is 5.17. The van der Waals surface area contributed by atoms with Crippen LogP contribution >= 0.6 is 0 Å². The first-order valence-corrected chi connectivity index (χ1v) is 6.93. The molecule has 1 N–H and O–H groups in total. The summed E-state index contributed by atoms with van der Waals surface area (Å²) in [6.07, 6.45) is 4.02. The Morgan fingerprint density at radius 2 is 2.00 bits per heavy atom. The minimum absolute atomic E-state index is 0.0487. The predicted octanol–water partition coefficient (Wildman–Crippen LogP) is 0.726. The lowest BCUT2D eigenvalue weighted by molar-refractivity contribution is 0.0946. The van der Waals surface area contributed by atoms with Crippen molar-refractivity contribution in [3.8, 4) is 0 Å². The average molecular weight is 260 g/mol. The number of nitrogens with one attached hydrogen (secondary N) is 1. The summed E-state index contributed by atoms with van der Waals surface area (Å²) in [5.41, 5.74) is 1.63. The SMILES string of the molecule is CN1CCN(c2ccc(C(=O)NC3CC3)nc2)CC1. The Hall–Kier alpha value is -1.62. The van der Waals surface area contributed by atoms with Gasteiger partial charge in [0.15, 0.2) is 0 Å². The molecule has 0 atom stereocenters. The molecule has 3 rings (SSSR count). The van der Waals surface area contributed by atoms with E-state index in [1.54, 1.807) is 0 Å². The van der Waals surface area contributed by atoms with Gasteiger partial charge in [0.25, 0.3) is 5.91 Å². The van der Waals surface area contributed by atoms with E-state index in [-0.39, 0.29) is 5.91 Å². The predicted molar refractivity (Wildman–Crippen MR) is 74.4 cm³/mol. The van der Waals surface area contributed by atoms with Gasteiger partial charge < -0.3 is 15.1 Å². The van der Waals surface area contributed by atoms with Gasteiger partial charge in [0.2, 0.25) is 0 Å². The summed E-state index contributed by atoms with van der Waals surface area (Å²) >= 11 is 0. The molecule has 1 aromatic heterocycles. The Morgan fingerprint density at radius 3 is 2.58 bits per heavy atom. The summed E-state index contributed by atoms with van der Waals surface area (Å²) in [6, 6.07) is 4.21. The van der Waals surface area contributed by atoms with Crippen molar-refractivity contribution in [2.45, 2.75) is 18.9 Å². The van der Waals surface area contributed by atoms with E-state index in [2.05, 4.69) is 27.1 Å². The summed E-state index contributed by atoms with van der Waals surface area (Å²) in [5, 5.41) is 2.95. The zero-order valence-electron chi connectivity index (χ0n) is 11.3. The van der Waals surface area contributed by atoms with Gasteiger partial charge in [-0.05, 0) is 32.0 Å². The fourth-order valence-electron chi connectivity index (χ4n) is 2.26. The van der Waals surface area contributed by atoms with Gasteiger partial charge in [-0.2, -0.15) is 0 Å². The van der Waals surface area contributed by atoms with Gasteiger partial charge in [-0.1, -0.05) is 0 Å². The van der Waals surface area contributed by atoms with Gasteiger partial charge in [0.05, 0.1) is 11.9 Å². The number of carbonyl (C=O) groups excluding carboxylic acids is 1. The fourth-order valence-corrected chi connectivity index (χ4v) is 2.26. The van der Waals surface area contributed by atoms with Gasteiger partial charge in [-0.25, -0.2) is 4.98 Å². The number of pyridine rings is 1. The van der Waals surface area contributed by atoms with Gasteiger partial charge in [-0.3, -0.25) is 4.79 Å². The molecule has 0 bridgehead atoms. The van der Waals surface area contributed by atoms with Crippen LogP contribution in [0.2, 0.25) is 0 Å². The Kier molecular flexibility index (Phi) is 3.38. The number of rotatable bonds is 3. The molecular formula is C14H20N4O. The van der Waals surface area contributed by atoms with Crippen molar-refractivity contribution in [1.82, 2.24) is 15.2 Å². The van der Waals surface area contributed by atoms with Crippen molar-refractivity contribution in [3.63, 3.8) is 0 Å². The van der Waals surface area contributed by atoms with Gasteiger partial charge in [-0.15, -0.1) is 0 Å². The van der Waals surface area contributed by atoms with Crippen molar-refractivity contribution in [2.24, 2.45) is 0 Å². The van der Waals surface area contributed by atoms with Crippen LogP contribution in [0.15, 0.2) is 18.3 Å². The largest absolute Gasteiger partial charge is 0.368 e. The van der Waals surface area contributed by atoms with E-state index in [0.29, 0.717) is 11.7 Å². The normalized spacial score (nSPS) is 20.4. The van der Waals surface area contributed by atoms with Crippen LogP contribution in [0.25, 0.3) is 0 Å². The summed E-state index contributed by atoms with van der Waals surface area (Å²) in [6.45, 7) is 4.19. The lowest BCUT2D eigenvalue weighted by Crippen LogP contribution is -2.44. The molecule has 2 fully saturated rings. The zero-order chi connectivity index (χ0) is 13.2. The molecular weight excluding hydrogens is 240 g/mol. The smallest absolute Gasteiger partial charge is 0.270 e. The second-order valence-corrected chi connectivity index (χ2v) is 5.44. The van der Waals surface area contributed by atoms with E-state index < -0.39 is 0 Å². The van der Waals surface area contributed by atoms with Crippen molar-refractivity contribution < 1.29 is 4.79 Å². The van der Waals surface area contributed by atoms with E-state index in [4.69, 9.17) is 0 Å². The Morgan fingerprint density at radius 1 is 1.26 bits per heavy atom. The number of aromatic nitrogens is 1. The van der Waals surface area contributed by atoms with Crippen LogP contribution in [0.5, 0.6) is 0 Å². The fraction of sp³-hybridized carbons (Fsp3) is 0.571. The zero-order valence-corrected chi connectivity index (χ0v) is 11.3. The molecule has 5 heteroatoms. The topological polar surface area (TPSA) is 48.5 Å². The first-order chi connectivity index (χ1) is 9.22. The maximum atomic E-state index is 11.8. The highest BCUT2D eigenvalue weighted by atomic mass is 16.2. The molecule has 1 saturated heterocycles. The lowest BCUT2D eigenvalue weighted by atomic mass is 10.2. The quantitative estimate of drug-likeness (QED) is 0.870. The third-order valence-corrected chi connectivity index (χ3v) is 3.76. The first-order valence-electron chi connectivity index (χ1n) is 6.93. The number of likely N-dealkylation sites (N-methyl/N-ethyl adjacent to an activating group) is 1. The summed E-state index contributed by atoms with van der Waals surface area (Å²) < 4.78 is 0. The maximum absolute atomic E-state index is 11.8. The van der Waals surface area contributed by atoms with Crippen molar-refractivity contribution in [2.75, 3.05) is 38.1 Å². The van der Waals surface area contributed by atoms with Crippen molar-refractivity contribution in [3.05, 3.63) is 24.0 Å². The van der Waals surface area contributed by atoms with Crippen LogP contribution in [-0.2, 0) is 0 Å². The molecule has 1 aliphatic carbocycles. The lowest BCUT2D eigenvalue weighted by Gasteiger charge is -2.33. The number of anilines is 1. The number of piperazine rings is 1. The molecule has 0 aromatic carbocycles. The van der Waals surface area contributed by atoms with Gasteiger partial charge in [0.1, 0.15) is 5.69 Å². The second-order valence-electron chi connectivity index (χ2n) is 5.44. The molecule has 5 nitrogen and oxygen atoms in total. The Bertz CT molecular complexity index is 447. The first kappa shape index (κ1) is 12.4. The molecule has 1 amide bonds. The molecule has 0 radical (unpaired) electrons. The summed E-state index contributed by atoms with van der Waals surface area (Å²) in [7, 11) is 2.14. The minimum Gasteiger partial charge on any atom is -0.368 e. The van der Waals surface area contributed by atoms with E-state index >= 15 is 0 Å².